The molecule has 5 heteroatoms. The summed E-state index contributed by atoms with van der Waals surface area (Å²) in [5.74, 6) is 0.851. The lowest BCUT2D eigenvalue weighted by Crippen LogP contribution is -2.29. The largest absolute Gasteiger partial charge is 0.458 e. The molecule has 0 atom stereocenters. The summed E-state index contributed by atoms with van der Waals surface area (Å²) >= 11 is 8.73. The number of fused-ring (bicyclic) bond motifs is 1. The van der Waals surface area contributed by atoms with Crippen molar-refractivity contribution < 1.29 is 8.83 Å². The predicted molar refractivity (Wildman–Crippen MR) is 79.8 cm³/mol. The van der Waals surface area contributed by atoms with Crippen LogP contribution in [0, 0.1) is 4.51 Å². The monoisotopic (exact) mass is 329 g/mol. The second-order valence-corrected chi connectivity index (χ2v) is 5.53. The summed E-state index contributed by atoms with van der Waals surface area (Å²) < 4.78 is 12.8. The molecule has 0 unspecified atom stereocenters. The molecule has 1 fully saturated rings. The van der Waals surface area contributed by atoms with E-state index in [9.17, 15) is 0 Å². The van der Waals surface area contributed by atoms with Gasteiger partial charge >= 0.3 is 0 Å². The summed E-state index contributed by atoms with van der Waals surface area (Å²) in [4.78, 5) is 2.25. The van der Waals surface area contributed by atoms with Crippen molar-refractivity contribution in [3.63, 3.8) is 0 Å². The molecule has 1 saturated heterocycles. The molecule has 0 N–H and O–H groups in total. The number of hydrogen-bond donors (Lipinski definition) is 0. The standard InChI is InChI=1S/C12H12BrNO2S.CH4/c13-8-7-15-12-9(17)6-10(16-11(8)12)14-4-2-1-3-5-14;/h6-7H,1-5H2;1H4. The van der Waals surface area contributed by atoms with Crippen LogP contribution in [0.25, 0.3) is 11.2 Å². The van der Waals surface area contributed by atoms with Crippen molar-refractivity contribution in [2.45, 2.75) is 26.7 Å². The van der Waals surface area contributed by atoms with E-state index < -0.39 is 0 Å². The van der Waals surface area contributed by atoms with Gasteiger partial charge in [-0.3, -0.25) is 0 Å². The zero-order valence-corrected chi connectivity index (χ0v) is 11.6. The van der Waals surface area contributed by atoms with Gasteiger partial charge in [0.2, 0.25) is 0 Å². The van der Waals surface area contributed by atoms with E-state index in [0.29, 0.717) is 15.7 Å². The Kier molecular flexibility index (Phi) is 4.12. The molecule has 18 heavy (non-hydrogen) atoms. The van der Waals surface area contributed by atoms with Crippen molar-refractivity contribution in [3.8, 4) is 0 Å². The van der Waals surface area contributed by atoms with E-state index in [1.165, 1.54) is 19.3 Å². The summed E-state index contributed by atoms with van der Waals surface area (Å²) in [5, 5.41) is 0. The quantitative estimate of drug-likeness (QED) is 0.677. The maximum Gasteiger partial charge on any atom is 0.197 e. The summed E-state index contributed by atoms with van der Waals surface area (Å²) in [5.41, 5.74) is 1.35. The average molecular weight is 330 g/mol. The van der Waals surface area contributed by atoms with E-state index >= 15 is 0 Å². The van der Waals surface area contributed by atoms with Crippen LogP contribution in [0.4, 0.5) is 5.88 Å². The van der Waals surface area contributed by atoms with Gasteiger partial charge in [0.15, 0.2) is 17.1 Å². The molecule has 0 bridgehead atoms. The minimum absolute atomic E-state index is 0. The first-order valence-corrected chi connectivity index (χ1v) is 6.91. The SMILES string of the molecule is C.S=c1cc(N2CCCCC2)oc2c(Br)coc12. The second-order valence-electron chi connectivity index (χ2n) is 4.24. The molecular formula is C13H16BrNO2S. The highest BCUT2D eigenvalue weighted by Crippen LogP contribution is 2.32. The molecule has 1 aliphatic rings. The third-order valence-corrected chi connectivity index (χ3v) is 3.91. The number of nitrogens with zero attached hydrogens (tertiary/aromatic N) is 1. The number of furan rings is 1. The highest BCUT2D eigenvalue weighted by molar-refractivity contribution is 9.10. The fourth-order valence-corrected chi connectivity index (χ4v) is 2.77. The van der Waals surface area contributed by atoms with Gasteiger partial charge in [-0.05, 0) is 35.2 Å². The zero-order chi connectivity index (χ0) is 11.8. The van der Waals surface area contributed by atoms with Crippen LogP contribution >= 0.6 is 28.1 Å². The van der Waals surface area contributed by atoms with Gasteiger partial charge < -0.3 is 13.7 Å². The smallest absolute Gasteiger partial charge is 0.197 e. The third kappa shape index (κ3) is 2.34. The molecule has 3 heterocycles. The Morgan fingerprint density at radius 2 is 1.89 bits per heavy atom. The summed E-state index contributed by atoms with van der Waals surface area (Å²) in [7, 11) is 0. The van der Waals surface area contributed by atoms with Crippen molar-refractivity contribution in [1.82, 2.24) is 0 Å². The van der Waals surface area contributed by atoms with Crippen molar-refractivity contribution in [1.29, 1.82) is 0 Å². The highest BCUT2D eigenvalue weighted by Gasteiger charge is 2.16. The molecule has 0 saturated carbocycles. The van der Waals surface area contributed by atoms with E-state index in [2.05, 4.69) is 20.8 Å². The zero-order valence-electron chi connectivity index (χ0n) is 9.24. The van der Waals surface area contributed by atoms with Crippen LogP contribution in [-0.2, 0) is 0 Å². The summed E-state index contributed by atoms with van der Waals surface area (Å²) in [6.45, 7) is 2.08. The third-order valence-electron chi connectivity index (χ3n) is 3.06. The lowest BCUT2D eigenvalue weighted by atomic mass is 10.1. The molecule has 0 spiro atoms. The van der Waals surface area contributed by atoms with Gasteiger partial charge in [0, 0.05) is 19.2 Å². The predicted octanol–water partition coefficient (Wildman–Crippen LogP) is 5.14. The Morgan fingerprint density at radius 1 is 1.17 bits per heavy atom. The number of hydrogen-bond acceptors (Lipinski definition) is 4. The van der Waals surface area contributed by atoms with E-state index in [-0.39, 0.29) is 7.43 Å². The molecule has 2 aromatic rings. The van der Waals surface area contributed by atoms with Crippen LogP contribution in [0.15, 0.2) is 25.6 Å². The van der Waals surface area contributed by atoms with Crippen molar-refractivity contribution in [2.75, 3.05) is 18.0 Å². The first kappa shape index (κ1) is 13.6. The maximum absolute atomic E-state index is 5.87. The Balaban J connectivity index is 0.00000120. The minimum atomic E-state index is 0. The lowest BCUT2D eigenvalue weighted by molar-refractivity contribution is 0.510. The molecule has 0 radical (unpaired) electrons. The molecule has 0 aliphatic carbocycles. The van der Waals surface area contributed by atoms with Crippen LogP contribution in [0.1, 0.15) is 26.7 Å². The van der Waals surface area contributed by atoms with Crippen molar-refractivity contribution in [3.05, 3.63) is 21.3 Å². The summed E-state index contributed by atoms with van der Waals surface area (Å²) in [6.07, 6.45) is 5.35. The Labute approximate surface area is 120 Å². The maximum atomic E-state index is 5.87. The van der Waals surface area contributed by atoms with Gasteiger partial charge in [-0.25, -0.2) is 0 Å². The first-order valence-electron chi connectivity index (χ1n) is 5.71. The highest BCUT2D eigenvalue weighted by atomic mass is 79.9. The van der Waals surface area contributed by atoms with Gasteiger partial charge in [0.1, 0.15) is 6.26 Å². The fraction of sp³-hybridized carbons (Fsp3) is 0.462. The topological polar surface area (TPSA) is 29.5 Å². The molecule has 0 amide bonds. The van der Waals surface area contributed by atoms with Crippen LogP contribution in [0.2, 0.25) is 0 Å². The normalized spacial score (nSPS) is 15.7. The Morgan fingerprint density at radius 3 is 2.61 bits per heavy atom. The molecule has 1 aliphatic heterocycles. The molecule has 3 nitrogen and oxygen atoms in total. The van der Waals surface area contributed by atoms with Crippen LogP contribution in [-0.4, -0.2) is 13.1 Å². The first-order chi connectivity index (χ1) is 8.25. The molecular weight excluding hydrogens is 314 g/mol. The average Bonchev–Trinajstić information content (AvgIpc) is 2.73. The molecule has 2 aromatic heterocycles. The Hall–Kier alpha value is -0.810. The van der Waals surface area contributed by atoms with Crippen molar-refractivity contribution in [2.24, 2.45) is 0 Å². The number of anilines is 1. The minimum Gasteiger partial charge on any atom is -0.458 e. The summed E-state index contributed by atoms with van der Waals surface area (Å²) in [6, 6.07) is 1.89. The van der Waals surface area contributed by atoms with E-state index in [1.54, 1.807) is 6.26 Å². The van der Waals surface area contributed by atoms with Gasteiger partial charge in [0.25, 0.3) is 0 Å². The van der Waals surface area contributed by atoms with Crippen LogP contribution < -0.4 is 4.90 Å². The molecule has 0 aromatic carbocycles. The molecule has 98 valence electrons. The van der Waals surface area contributed by atoms with E-state index in [1.807, 2.05) is 6.07 Å². The van der Waals surface area contributed by atoms with Crippen LogP contribution in [0.5, 0.6) is 0 Å². The number of halogens is 1. The molecule has 3 rings (SSSR count). The fourth-order valence-electron chi connectivity index (χ4n) is 2.17. The Bertz CT molecular complexity index is 599. The van der Waals surface area contributed by atoms with Crippen molar-refractivity contribution >= 4 is 45.2 Å². The number of piperidine rings is 1. The second kappa shape index (κ2) is 5.45. The van der Waals surface area contributed by atoms with Gasteiger partial charge in [-0.15, -0.1) is 0 Å². The van der Waals surface area contributed by atoms with Crippen LogP contribution in [0.3, 0.4) is 0 Å². The lowest BCUT2D eigenvalue weighted by Gasteiger charge is -2.26. The van der Waals surface area contributed by atoms with E-state index in [4.69, 9.17) is 21.1 Å². The van der Waals surface area contributed by atoms with Gasteiger partial charge in [0.05, 0.1) is 8.98 Å². The van der Waals surface area contributed by atoms with Gasteiger partial charge in [-0.2, -0.15) is 0 Å². The van der Waals surface area contributed by atoms with E-state index in [0.717, 1.165) is 23.4 Å². The van der Waals surface area contributed by atoms with Gasteiger partial charge in [-0.1, -0.05) is 19.6 Å². The number of rotatable bonds is 1.